The molecule has 1 heterocycles. The summed E-state index contributed by atoms with van der Waals surface area (Å²) in [6, 6.07) is 10.1. The molecule has 22 heavy (non-hydrogen) atoms. The summed E-state index contributed by atoms with van der Waals surface area (Å²) < 4.78 is 14.3. The van der Waals surface area contributed by atoms with Crippen LogP contribution in [0.15, 0.2) is 36.5 Å². The number of para-hydroxylation sites is 1. The van der Waals surface area contributed by atoms with E-state index in [0.717, 1.165) is 0 Å². The van der Waals surface area contributed by atoms with Gasteiger partial charge in [0.1, 0.15) is 6.07 Å². The number of aromatic nitrogens is 1. The predicted octanol–water partition coefficient (Wildman–Crippen LogP) is 3.74. The molecular weight excluding hydrogens is 281 g/mol. The van der Waals surface area contributed by atoms with Crippen LogP contribution in [0.3, 0.4) is 0 Å². The van der Waals surface area contributed by atoms with Crippen LogP contribution < -0.4 is 5.32 Å². The van der Waals surface area contributed by atoms with E-state index >= 15 is 0 Å². The fraction of sp³-hybridized carbons (Fsp3) is 0.235. The Labute approximate surface area is 128 Å². The average molecular weight is 297 g/mol. The van der Waals surface area contributed by atoms with Crippen molar-refractivity contribution < 1.29 is 9.18 Å². The summed E-state index contributed by atoms with van der Waals surface area (Å²) in [5, 5.41) is 11.7. The number of hydrogen-bond donors (Lipinski definition) is 1. The summed E-state index contributed by atoms with van der Waals surface area (Å²) in [4.78, 5) is 15.8. The van der Waals surface area contributed by atoms with E-state index < -0.39 is 11.2 Å². The van der Waals surface area contributed by atoms with E-state index in [9.17, 15) is 9.18 Å². The summed E-state index contributed by atoms with van der Waals surface area (Å²) in [6.45, 7) is 5.39. The van der Waals surface area contributed by atoms with Gasteiger partial charge >= 0.3 is 0 Å². The quantitative estimate of drug-likeness (QED) is 0.918. The number of nitrogens with one attached hydrogen (secondary N) is 1. The van der Waals surface area contributed by atoms with Crippen molar-refractivity contribution in [3.05, 3.63) is 48.0 Å². The zero-order chi connectivity index (χ0) is 16.3. The zero-order valence-corrected chi connectivity index (χ0v) is 12.6. The molecule has 4 nitrogen and oxygen atoms in total. The molecule has 0 radical (unpaired) electrons. The highest BCUT2D eigenvalue weighted by molar-refractivity contribution is 5.98. The molecule has 1 aromatic carbocycles. The van der Waals surface area contributed by atoms with Crippen LogP contribution in [0, 0.1) is 22.6 Å². The van der Waals surface area contributed by atoms with Gasteiger partial charge in [-0.05, 0) is 12.1 Å². The molecule has 1 amide bonds. The Bertz CT molecular complexity index is 757. The minimum atomic E-state index is -0.692. The van der Waals surface area contributed by atoms with Gasteiger partial charge < -0.3 is 5.32 Å². The second kappa shape index (κ2) is 5.94. The largest absolute Gasteiger partial charge is 0.325 e. The second-order valence-electron chi connectivity index (χ2n) is 5.88. The molecule has 2 aromatic rings. The number of carbonyl (C=O) groups excluding carboxylic acids is 1. The Morgan fingerprint density at radius 3 is 2.55 bits per heavy atom. The molecule has 0 atom stereocenters. The van der Waals surface area contributed by atoms with Crippen molar-refractivity contribution in [1.29, 1.82) is 5.26 Å². The molecule has 0 unspecified atom stereocenters. The van der Waals surface area contributed by atoms with E-state index in [-0.39, 0.29) is 17.2 Å². The Morgan fingerprint density at radius 1 is 1.23 bits per heavy atom. The van der Waals surface area contributed by atoms with Gasteiger partial charge in [-0.2, -0.15) is 5.26 Å². The molecule has 0 spiro atoms. The Balaban J connectivity index is 2.51. The van der Waals surface area contributed by atoms with E-state index in [1.54, 1.807) is 51.1 Å². The van der Waals surface area contributed by atoms with Crippen LogP contribution in [-0.2, 0) is 4.79 Å². The summed E-state index contributed by atoms with van der Waals surface area (Å²) >= 11 is 0. The van der Waals surface area contributed by atoms with Gasteiger partial charge in [-0.15, -0.1) is 0 Å². The number of amides is 1. The maximum Gasteiger partial charge on any atom is 0.229 e. The molecule has 0 bridgehead atoms. The number of anilines is 1. The predicted molar refractivity (Wildman–Crippen MR) is 82.4 cm³/mol. The van der Waals surface area contributed by atoms with Gasteiger partial charge in [0.25, 0.3) is 0 Å². The topological polar surface area (TPSA) is 65.8 Å². The summed E-state index contributed by atoms with van der Waals surface area (Å²) in [5.74, 6) is -0.864. The summed E-state index contributed by atoms with van der Waals surface area (Å²) in [5.41, 5.74) is 0.403. The van der Waals surface area contributed by atoms with E-state index in [0.29, 0.717) is 11.3 Å². The third-order valence-electron chi connectivity index (χ3n) is 3.14. The smallest absolute Gasteiger partial charge is 0.229 e. The lowest BCUT2D eigenvalue weighted by Crippen LogP contribution is -2.27. The average Bonchev–Trinajstić information content (AvgIpc) is 2.47. The van der Waals surface area contributed by atoms with Crippen molar-refractivity contribution in [2.75, 3.05) is 5.32 Å². The Morgan fingerprint density at radius 2 is 1.91 bits per heavy atom. The Kier molecular flexibility index (Phi) is 4.22. The summed E-state index contributed by atoms with van der Waals surface area (Å²) in [7, 11) is 0. The number of nitrogens with zero attached hydrogens (tertiary/aromatic N) is 2. The molecule has 0 aliphatic rings. The molecule has 0 aliphatic heterocycles. The van der Waals surface area contributed by atoms with Gasteiger partial charge in [0, 0.05) is 28.4 Å². The van der Waals surface area contributed by atoms with Crippen molar-refractivity contribution >= 4 is 11.6 Å². The first-order valence-corrected chi connectivity index (χ1v) is 6.80. The number of halogens is 1. The first kappa shape index (κ1) is 15.6. The second-order valence-corrected chi connectivity index (χ2v) is 5.88. The van der Waals surface area contributed by atoms with Crippen LogP contribution in [0.5, 0.6) is 0 Å². The molecular formula is C17H16FN3O. The zero-order valence-electron chi connectivity index (χ0n) is 12.6. The van der Waals surface area contributed by atoms with E-state index in [2.05, 4.69) is 10.3 Å². The van der Waals surface area contributed by atoms with Gasteiger partial charge in [0.05, 0.1) is 0 Å². The van der Waals surface area contributed by atoms with Gasteiger partial charge in [-0.25, -0.2) is 9.37 Å². The van der Waals surface area contributed by atoms with Crippen LogP contribution in [0.2, 0.25) is 0 Å². The van der Waals surface area contributed by atoms with Crippen LogP contribution in [0.25, 0.3) is 11.1 Å². The third kappa shape index (κ3) is 3.12. The molecule has 112 valence electrons. The van der Waals surface area contributed by atoms with Crippen molar-refractivity contribution in [2.45, 2.75) is 20.8 Å². The summed E-state index contributed by atoms with van der Waals surface area (Å²) in [6.07, 6.45) is 1.37. The molecule has 5 heteroatoms. The highest BCUT2D eigenvalue weighted by Crippen LogP contribution is 2.31. The number of carbonyl (C=O) groups is 1. The van der Waals surface area contributed by atoms with Gasteiger partial charge in [0.2, 0.25) is 5.91 Å². The normalized spacial score (nSPS) is 10.9. The third-order valence-corrected chi connectivity index (χ3v) is 3.14. The first-order valence-electron chi connectivity index (χ1n) is 6.80. The van der Waals surface area contributed by atoms with E-state index in [4.69, 9.17) is 5.26 Å². The molecule has 0 fully saturated rings. The maximum atomic E-state index is 14.3. The number of benzene rings is 1. The highest BCUT2D eigenvalue weighted by Gasteiger charge is 2.23. The lowest BCUT2D eigenvalue weighted by molar-refractivity contribution is -0.123. The SMILES string of the molecule is CC(C)(C)C(=O)Nc1ccccc1-c1ccnc(C#N)c1F. The standard InChI is InChI=1S/C17H16FN3O/c1-17(2,3)16(22)21-13-7-5-4-6-11(13)12-8-9-20-14(10-19)15(12)18/h4-9H,1-3H3,(H,21,22). The minimum Gasteiger partial charge on any atom is -0.325 e. The van der Waals surface area contributed by atoms with Crippen LogP contribution in [0.4, 0.5) is 10.1 Å². The van der Waals surface area contributed by atoms with Gasteiger partial charge in [-0.3, -0.25) is 4.79 Å². The fourth-order valence-electron chi connectivity index (χ4n) is 1.87. The van der Waals surface area contributed by atoms with Crippen LogP contribution in [0.1, 0.15) is 26.5 Å². The monoisotopic (exact) mass is 297 g/mol. The molecule has 0 saturated heterocycles. The Hall–Kier alpha value is -2.74. The van der Waals surface area contributed by atoms with Crippen LogP contribution >= 0.6 is 0 Å². The number of nitriles is 1. The fourth-order valence-corrected chi connectivity index (χ4v) is 1.87. The van der Waals surface area contributed by atoms with Crippen molar-refractivity contribution in [2.24, 2.45) is 5.41 Å². The van der Waals surface area contributed by atoms with E-state index in [1.165, 1.54) is 12.3 Å². The van der Waals surface area contributed by atoms with E-state index in [1.807, 2.05) is 0 Å². The lowest BCUT2D eigenvalue weighted by atomic mass is 9.95. The molecule has 1 aromatic heterocycles. The van der Waals surface area contributed by atoms with Gasteiger partial charge in [-0.1, -0.05) is 39.0 Å². The minimum absolute atomic E-state index is 0.171. The molecule has 0 saturated carbocycles. The maximum absolute atomic E-state index is 14.3. The number of hydrogen-bond acceptors (Lipinski definition) is 3. The van der Waals surface area contributed by atoms with Crippen LogP contribution in [-0.4, -0.2) is 10.9 Å². The van der Waals surface area contributed by atoms with Crippen molar-refractivity contribution in [3.63, 3.8) is 0 Å². The first-order chi connectivity index (χ1) is 10.3. The van der Waals surface area contributed by atoms with Crippen molar-refractivity contribution in [1.82, 2.24) is 4.98 Å². The number of rotatable bonds is 2. The lowest BCUT2D eigenvalue weighted by Gasteiger charge is -2.19. The van der Waals surface area contributed by atoms with Crippen molar-refractivity contribution in [3.8, 4) is 17.2 Å². The molecule has 2 rings (SSSR count). The molecule has 1 N–H and O–H groups in total. The highest BCUT2D eigenvalue weighted by atomic mass is 19.1. The van der Waals surface area contributed by atoms with Gasteiger partial charge in [0.15, 0.2) is 11.5 Å². The molecule has 0 aliphatic carbocycles. The number of pyridine rings is 1.